The maximum absolute atomic E-state index is 6.35. The normalized spacial score (nSPS) is 12.2. The number of benzene rings is 8. The quantitative estimate of drug-likeness (QED) is 0.243. The van der Waals surface area contributed by atoms with Gasteiger partial charge in [-0.05, 0) is 76.8 Å². The van der Waals surface area contributed by atoms with Gasteiger partial charge in [0, 0.05) is 11.1 Å². The predicted molar refractivity (Wildman–Crippen MR) is 163 cm³/mol. The van der Waals surface area contributed by atoms with Crippen LogP contribution in [-0.4, -0.2) is 15.0 Å². The molecule has 1 aromatic heterocycles. The van der Waals surface area contributed by atoms with Crippen LogP contribution in [0.4, 0.5) is 5.95 Å². The Morgan fingerprint density at radius 1 is 0.359 bits per heavy atom. The number of nitrogen functional groups attached to an aromatic ring is 1. The summed E-state index contributed by atoms with van der Waals surface area (Å²) >= 11 is 0. The molecule has 9 rings (SSSR count). The predicted octanol–water partition coefficient (Wildman–Crippen LogP) is 8.58. The molecule has 4 nitrogen and oxygen atoms in total. The van der Waals surface area contributed by atoms with Crippen molar-refractivity contribution in [3.63, 3.8) is 0 Å². The molecule has 180 valence electrons. The van der Waals surface area contributed by atoms with Crippen molar-refractivity contribution in [2.24, 2.45) is 0 Å². The zero-order chi connectivity index (χ0) is 25.7. The molecule has 0 unspecified atom stereocenters. The van der Waals surface area contributed by atoms with Gasteiger partial charge in [-0.25, -0.2) is 4.98 Å². The lowest BCUT2D eigenvalue weighted by Gasteiger charge is -2.15. The van der Waals surface area contributed by atoms with E-state index >= 15 is 0 Å². The molecule has 0 saturated carbocycles. The first kappa shape index (κ1) is 20.7. The topological polar surface area (TPSA) is 64.7 Å². The lowest BCUT2D eigenvalue weighted by atomic mass is 9.91. The molecular weight excluding hydrogens is 476 g/mol. The van der Waals surface area contributed by atoms with Gasteiger partial charge < -0.3 is 5.73 Å². The SMILES string of the molecule is Nc1nc(-c2ccc3ccc4cccc5ccc2c3c45)nc(-c2ccc3ccc4cccc5ccc2c3c45)n1. The van der Waals surface area contributed by atoms with Crippen LogP contribution in [0.25, 0.3) is 87.4 Å². The van der Waals surface area contributed by atoms with Crippen LogP contribution in [-0.2, 0) is 0 Å². The van der Waals surface area contributed by atoms with Crippen LogP contribution < -0.4 is 5.73 Å². The Kier molecular flexibility index (Phi) is 3.90. The first-order chi connectivity index (χ1) is 19.2. The van der Waals surface area contributed by atoms with Crippen molar-refractivity contribution in [3.8, 4) is 22.8 Å². The molecule has 0 aliphatic rings. The fraction of sp³-hybridized carbons (Fsp3) is 0. The summed E-state index contributed by atoms with van der Waals surface area (Å²) in [6, 6.07) is 38.9. The molecular formula is C35H20N4. The first-order valence-corrected chi connectivity index (χ1v) is 13.1. The highest BCUT2D eigenvalue weighted by atomic mass is 15.1. The Bertz CT molecular complexity index is 2210. The highest BCUT2D eigenvalue weighted by Gasteiger charge is 2.18. The Hall–Kier alpha value is -5.35. The summed E-state index contributed by atoms with van der Waals surface area (Å²) in [5.74, 6) is 1.38. The van der Waals surface area contributed by atoms with Crippen LogP contribution in [0.3, 0.4) is 0 Å². The number of nitrogens with zero attached hydrogens (tertiary/aromatic N) is 3. The molecule has 2 N–H and O–H groups in total. The van der Waals surface area contributed by atoms with Gasteiger partial charge in [-0.1, -0.05) is 97.1 Å². The maximum atomic E-state index is 6.35. The van der Waals surface area contributed by atoms with Crippen LogP contribution in [0.5, 0.6) is 0 Å². The van der Waals surface area contributed by atoms with Crippen molar-refractivity contribution in [1.82, 2.24) is 15.0 Å². The monoisotopic (exact) mass is 496 g/mol. The average molecular weight is 497 g/mol. The molecule has 9 aromatic rings. The fourth-order valence-corrected chi connectivity index (χ4v) is 6.49. The van der Waals surface area contributed by atoms with E-state index in [9.17, 15) is 0 Å². The second-order valence-electron chi connectivity index (χ2n) is 10.3. The third kappa shape index (κ3) is 2.80. The van der Waals surface area contributed by atoms with Crippen molar-refractivity contribution in [2.75, 3.05) is 5.73 Å². The molecule has 4 heteroatoms. The summed E-state index contributed by atoms with van der Waals surface area (Å²) in [7, 11) is 0. The van der Waals surface area contributed by atoms with E-state index in [-0.39, 0.29) is 5.95 Å². The molecule has 0 aliphatic carbocycles. The summed E-state index contributed by atoms with van der Waals surface area (Å²) in [5, 5.41) is 14.5. The van der Waals surface area contributed by atoms with E-state index in [0.29, 0.717) is 11.6 Å². The highest BCUT2D eigenvalue weighted by molar-refractivity contribution is 6.26. The van der Waals surface area contributed by atoms with Gasteiger partial charge >= 0.3 is 0 Å². The molecule has 1 heterocycles. The molecule has 0 saturated heterocycles. The number of aromatic nitrogens is 3. The number of nitrogens with two attached hydrogens (primary N) is 1. The van der Waals surface area contributed by atoms with E-state index < -0.39 is 0 Å². The lowest BCUT2D eigenvalue weighted by molar-refractivity contribution is 1.08. The van der Waals surface area contributed by atoms with Crippen molar-refractivity contribution >= 4 is 70.6 Å². The smallest absolute Gasteiger partial charge is 0.224 e. The molecule has 0 bridgehead atoms. The van der Waals surface area contributed by atoms with E-state index in [1.807, 2.05) is 0 Å². The second-order valence-corrected chi connectivity index (χ2v) is 10.3. The van der Waals surface area contributed by atoms with E-state index in [1.165, 1.54) is 53.9 Å². The van der Waals surface area contributed by atoms with Crippen molar-refractivity contribution in [1.29, 1.82) is 0 Å². The zero-order valence-corrected chi connectivity index (χ0v) is 20.8. The molecule has 8 aromatic carbocycles. The van der Waals surface area contributed by atoms with Gasteiger partial charge in [0.25, 0.3) is 0 Å². The van der Waals surface area contributed by atoms with Crippen LogP contribution in [0.15, 0.2) is 109 Å². The fourth-order valence-electron chi connectivity index (χ4n) is 6.49. The van der Waals surface area contributed by atoms with Gasteiger partial charge in [-0.3, -0.25) is 0 Å². The van der Waals surface area contributed by atoms with Gasteiger partial charge in [0.1, 0.15) is 0 Å². The minimum Gasteiger partial charge on any atom is -0.368 e. The van der Waals surface area contributed by atoms with Gasteiger partial charge in [-0.15, -0.1) is 0 Å². The minimum atomic E-state index is 0.214. The molecule has 0 fully saturated rings. The summed E-state index contributed by atoms with van der Waals surface area (Å²) in [6.07, 6.45) is 0. The molecule has 0 radical (unpaired) electrons. The Morgan fingerprint density at radius 2 is 0.718 bits per heavy atom. The molecule has 0 spiro atoms. The lowest BCUT2D eigenvalue weighted by Crippen LogP contribution is -2.03. The average Bonchev–Trinajstić information content (AvgIpc) is 2.98. The summed E-state index contributed by atoms with van der Waals surface area (Å²) in [4.78, 5) is 14.3. The minimum absolute atomic E-state index is 0.214. The van der Waals surface area contributed by atoms with E-state index in [2.05, 4.69) is 119 Å². The van der Waals surface area contributed by atoms with Gasteiger partial charge in [0.2, 0.25) is 5.95 Å². The van der Waals surface area contributed by atoms with Crippen LogP contribution in [0, 0.1) is 0 Å². The summed E-state index contributed by atoms with van der Waals surface area (Å²) < 4.78 is 0. The number of rotatable bonds is 2. The van der Waals surface area contributed by atoms with Gasteiger partial charge in [0.05, 0.1) is 0 Å². The third-order valence-corrected chi connectivity index (χ3v) is 8.19. The van der Waals surface area contributed by atoms with Crippen molar-refractivity contribution in [3.05, 3.63) is 109 Å². The van der Waals surface area contributed by atoms with E-state index in [1.54, 1.807) is 0 Å². The molecule has 0 amide bonds. The van der Waals surface area contributed by atoms with Crippen LogP contribution >= 0.6 is 0 Å². The molecule has 39 heavy (non-hydrogen) atoms. The first-order valence-electron chi connectivity index (χ1n) is 13.1. The number of anilines is 1. The zero-order valence-electron chi connectivity index (χ0n) is 20.8. The Labute approximate surface area is 223 Å². The number of hydrogen-bond donors (Lipinski definition) is 1. The largest absolute Gasteiger partial charge is 0.368 e. The van der Waals surface area contributed by atoms with Crippen molar-refractivity contribution < 1.29 is 0 Å². The van der Waals surface area contributed by atoms with Crippen LogP contribution in [0.1, 0.15) is 0 Å². The second kappa shape index (κ2) is 7.36. The molecule has 0 aliphatic heterocycles. The Morgan fingerprint density at radius 3 is 1.15 bits per heavy atom. The number of hydrogen-bond acceptors (Lipinski definition) is 4. The molecule has 0 atom stereocenters. The standard InChI is InChI=1S/C35H20N4/c36-35-38-33(27-17-13-23-9-7-19-3-1-5-21-11-15-25(27)31(23)29(19)21)37-34(39-35)28-18-14-24-10-8-20-4-2-6-22-12-16-26(28)32(24)30(20)22/h1-18H,(H2,36,37,38,39). The summed E-state index contributed by atoms with van der Waals surface area (Å²) in [5.41, 5.74) is 8.25. The van der Waals surface area contributed by atoms with Gasteiger partial charge in [-0.2, -0.15) is 9.97 Å². The maximum Gasteiger partial charge on any atom is 0.224 e. The third-order valence-electron chi connectivity index (χ3n) is 8.19. The highest BCUT2D eigenvalue weighted by Crippen LogP contribution is 2.41. The van der Waals surface area contributed by atoms with Crippen LogP contribution in [0.2, 0.25) is 0 Å². The van der Waals surface area contributed by atoms with Gasteiger partial charge in [0.15, 0.2) is 11.6 Å². The Balaban J connectivity index is 1.32. The van der Waals surface area contributed by atoms with Crippen molar-refractivity contribution in [2.45, 2.75) is 0 Å². The van der Waals surface area contributed by atoms with E-state index in [0.717, 1.165) is 21.9 Å². The van der Waals surface area contributed by atoms with E-state index in [4.69, 9.17) is 10.7 Å². The summed E-state index contributed by atoms with van der Waals surface area (Å²) in [6.45, 7) is 0.